The molecule has 14 heavy (non-hydrogen) atoms. The second kappa shape index (κ2) is 4.25. The van der Waals surface area contributed by atoms with Gasteiger partial charge in [-0.3, -0.25) is 4.90 Å². The fourth-order valence-corrected chi connectivity index (χ4v) is 1.27. The van der Waals surface area contributed by atoms with Gasteiger partial charge in [0.2, 0.25) is 0 Å². The van der Waals surface area contributed by atoms with Crippen molar-refractivity contribution in [2.24, 2.45) is 0 Å². The highest BCUT2D eigenvalue weighted by Gasteiger charge is 2.39. The molecule has 0 aliphatic carbocycles. The molecule has 80 valence electrons. The normalized spacial score (nSPS) is 27.4. The highest BCUT2D eigenvalue weighted by molar-refractivity contribution is 5.79. The van der Waals surface area contributed by atoms with E-state index in [4.69, 9.17) is 19.7 Å². The molecule has 0 saturated carbocycles. The zero-order chi connectivity index (χ0) is 10.7. The summed E-state index contributed by atoms with van der Waals surface area (Å²) in [5.41, 5.74) is 0. The van der Waals surface area contributed by atoms with Gasteiger partial charge in [0.15, 0.2) is 12.3 Å². The van der Waals surface area contributed by atoms with Crippen molar-refractivity contribution in [2.45, 2.75) is 12.3 Å². The fourth-order valence-electron chi connectivity index (χ4n) is 1.27. The number of hydrogen-bond donors (Lipinski definition) is 2. The maximum absolute atomic E-state index is 10.8. The lowest BCUT2D eigenvalue weighted by Crippen LogP contribution is -2.58. The number of hydrogen-bond acceptors (Lipinski definition) is 4. The minimum Gasteiger partial charge on any atom is -0.480 e. The molecule has 0 bridgehead atoms. The summed E-state index contributed by atoms with van der Waals surface area (Å²) in [6.45, 7) is -0.103. The Labute approximate surface area is 79.8 Å². The van der Waals surface area contributed by atoms with Crippen LogP contribution in [-0.4, -0.2) is 59.8 Å². The third-order valence-electron chi connectivity index (χ3n) is 1.96. The molecule has 1 aliphatic rings. The van der Waals surface area contributed by atoms with Crippen molar-refractivity contribution in [3.63, 3.8) is 0 Å². The second-order valence-electron chi connectivity index (χ2n) is 2.77. The third kappa shape index (κ3) is 1.94. The van der Waals surface area contributed by atoms with Crippen molar-refractivity contribution in [1.29, 1.82) is 0 Å². The minimum absolute atomic E-state index is 0.0482. The van der Waals surface area contributed by atoms with E-state index in [0.717, 1.165) is 4.90 Å². The average molecular weight is 205 g/mol. The predicted octanol–water partition coefficient (Wildman–Crippen LogP) is -0.578. The molecule has 1 fully saturated rings. The highest BCUT2D eigenvalue weighted by atomic mass is 16.6. The zero-order valence-corrected chi connectivity index (χ0v) is 7.54. The molecule has 2 N–H and O–H groups in total. The lowest BCUT2D eigenvalue weighted by Gasteiger charge is -2.36. The first-order chi connectivity index (χ1) is 6.57. The maximum Gasteiger partial charge on any atom is 0.410 e. The lowest BCUT2D eigenvalue weighted by molar-refractivity contribution is -0.169. The summed E-state index contributed by atoms with van der Waals surface area (Å²) < 4.78 is 9.72. The summed E-state index contributed by atoms with van der Waals surface area (Å²) in [7, 11) is 1.30. The Hall–Kier alpha value is -1.34. The van der Waals surface area contributed by atoms with Crippen LogP contribution in [0.1, 0.15) is 0 Å². The number of rotatable bonds is 2. The van der Waals surface area contributed by atoms with E-state index >= 15 is 0 Å². The van der Waals surface area contributed by atoms with Gasteiger partial charge in [0, 0.05) is 7.11 Å². The van der Waals surface area contributed by atoms with Gasteiger partial charge in [0.1, 0.15) is 0 Å². The summed E-state index contributed by atoms with van der Waals surface area (Å²) >= 11 is 0. The number of methoxy groups -OCH3 is 1. The van der Waals surface area contributed by atoms with Gasteiger partial charge in [-0.2, -0.15) is 0 Å². The molecule has 1 rings (SSSR count). The SMILES string of the molecule is COC1COCC(C(=O)O)N1C(=O)O. The molecule has 0 aromatic carbocycles. The molecular weight excluding hydrogens is 194 g/mol. The average Bonchev–Trinajstić information content (AvgIpc) is 2.16. The van der Waals surface area contributed by atoms with Gasteiger partial charge in [0.25, 0.3) is 0 Å². The summed E-state index contributed by atoms with van der Waals surface area (Å²) in [4.78, 5) is 22.2. The number of carboxylic acids is 1. The van der Waals surface area contributed by atoms with Crippen molar-refractivity contribution in [3.05, 3.63) is 0 Å². The van der Waals surface area contributed by atoms with Crippen LogP contribution in [0.25, 0.3) is 0 Å². The summed E-state index contributed by atoms with van der Waals surface area (Å²) in [5, 5.41) is 17.5. The molecule has 7 nitrogen and oxygen atoms in total. The molecular formula is C7H11NO6. The van der Waals surface area contributed by atoms with Gasteiger partial charge in [-0.25, -0.2) is 9.59 Å². The molecule has 0 aromatic rings. The smallest absolute Gasteiger partial charge is 0.410 e. The van der Waals surface area contributed by atoms with Crippen LogP contribution in [0.3, 0.4) is 0 Å². The summed E-state index contributed by atoms with van der Waals surface area (Å²) in [6.07, 6.45) is -2.19. The van der Waals surface area contributed by atoms with Gasteiger partial charge < -0.3 is 19.7 Å². The van der Waals surface area contributed by atoms with E-state index in [1.165, 1.54) is 7.11 Å². The summed E-state index contributed by atoms with van der Waals surface area (Å²) in [6, 6.07) is -1.20. The molecule has 2 unspecified atom stereocenters. The highest BCUT2D eigenvalue weighted by Crippen LogP contribution is 2.14. The Morgan fingerprint density at radius 1 is 1.43 bits per heavy atom. The van der Waals surface area contributed by atoms with Crippen LogP contribution in [-0.2, 0) is 14.3 Å². The number of aliphatic carboxylic acids is 1. The van der Waals surface area contributed by atoms with Crippen LogP contribution in [0.15, 0.2) is 0 Å². The van der Waals surface area contributed by atoms with Crippen LogP contribution in [0, 0.1) is 0 Å². The Balaban J connectivity index is 2.83. The van der Waals surface area contributed by atoms with E-state index in [1.807, 2.05) is 0 Å². The molecule has 7 heteroatoms. The Bertz CT molecular complexity index is 242. The van der Waals surface area contributed by atoms with Crippen LogP contribution >= 0.6 is 0 Å². The largest absolute Gasteiger partial charge is 0.480 e. The van der Waals surface area contributed by atoms with Gasteiger partial charge in [-0.1, -0.05) is 0 Å². The van der Waals surface area contributed by atoms with Gasteiger partial charge in [0.05, 0.1) is 13.2 Å². The number of amides is 1. The first-order valence-electron chi connectivity index (χ1n) is 3.92. The van der Waals surface area contributed by atoms with Gasteiger partial charge in [-0.15, -0.1) is 0 Å². The topological polar surface area (TPSA) is 96.3 Å². The van der Waals surface area contributed by atoms with E-state index in [2.05, 4.69) is 0 Å². The van der Waals surface area contributed by atoms with E-state index < -0.39 is 24.3 Å². The Morgan fingerprint density at radius 2 is 2.07 bits per heavy atom. The van der Waals surface area contributed by atoms with Crippen LogP contribution < -0.4 is 0 Å². The number of carbonyl (C=O) groups is 2. The molecule has 2 atom stereocenters. The van der Waals surface area contributed by atoms with E-state index in [0.29, 0.717) is 0 Å². The van der Waals surface area contributed by atoms with E-state index in [1.54, 1.807) is 0 Å². The van der Waals surface area contributed by atoms with Crippen LogP contribution in [0.4, 0.5) is 4.79 Å². The molecule has 1 aliphatic heterocycles. The second-order valence-corrected chi connectivity index (χ2v) is 2.77. The number of carboxylic acid groups (broad SMARTS) is 2. The van der Waals surface area contributed by atoms with Crippen molar-refractivity contribution in [2.75, 3.05) is 20.3 Å². The van der Waals surface area contributed by atoms with Crippen LogP contribution in [0.2, 0.25) is 0 Å². The third-order valence-corrected chi connectivity index (χ3v) is 1.96. The summed E-state index contributed by atoms with van der Waals surface area (Å²) in [5.74, 6) is -1.24. The fraction of sp³-hybridized carbons (Fsp3) is 0.714. The predicted molar refractivity (Wildman–Crippen MR) is 42.9 cm³/mol. The van der Waals surface area contributed by atoms with Crippen molar-refractivity contribution >= 4 is 12.1 Å². The quantitative estimate of drug-likeness (QED) is 0.626. The Morgan fingerprint density at radius 3 is 2.50 bits per heavy atom. The van der Waals surface area contributed by atoms with E-state index in [9.17, 15) is 9.59 Å². The molecule has 1 heterocycles. The van der Waals surface area contributed by atoms with Gasteiger partial charge in [-0.05, 0) is 0 Å². The lowest BCUT2D eigenvalue weighted by atomic mass is 10.2. The standard InChI is InChI=1S/C7H11NO6/c1-13-5-3-14-2-4(6(9)10)8(5)7(11)12/h4-5H,2-3H2,1H3,(H,9,10)(H,11,12). The van der Waals surface area contributed by atoms with Crippen molar-refractivity contribution < 1.29 is 29.3 Å². The molecule has 0 radical (unpaired) electrons. The van der Waals surface area contributed by atoms with Crippen molar-refractivity contribution in [1.82, 2.24) is 4.90 Å². The van der Waals surface area contributed by atoms with Crippen molar-refractivity contribution in [3.8, 4) is 0 Å². The molecule has 1 saturated heterocycles. The molecule has 0 spiro atoms. The first-order valence-corrected chi connectivity index (χ1v) is 3.92. The maximum atomic E-state index is 10.8. The zero-order valence-electron chi connectivity index (χ0n) is 7.54. The van der Waals surface area contributed by atoms with Crippen LogP contribution in [0.5, 0.6) is 0 Å². The van der Waals surface area contributed by atoms with E-state index in [-0.39, 0.29) is 13.2 Å². The number of morpholine rings is 1. The Kier molecular flexibility index (Phi) is 3.26. The van der Waals surface area contributed by atoms with Gasteiger partial charge >= 0.3 is 12.1 Å². The molecule has 0 aromatic heterocycles. The molecule has 1 amide bonds. The number of nitrogens with zero attached hydrogens (tertiary/aromatic N) is 1. The minimum atomic E-state index is -1.33. The number of ether oxygens (including phenoxy) is 2. The first kappa shape index (κ1) is 10.7. The monoisotopic (exact) mass is 205 g/mol.